The Morgan fingerprint density at radius 3 is 2.21 bits per heavy atom. The zero-order valence-corrected chi connectivity index (χ0v) is 17.3. The second-order valence-electron chi connectivity index (χ2n) is 7.13. The molecule has 0 aliphatic rings. The fraction of sp³-hybridized carbons (Fsp3) is 0.458. The molecular weight excluding hydrogens is 374 g/mol. The van der Waals surface area contributed by atoms with Crippen molar-refractivity contribution in [2.75, 3.05) is 6.61 Å². The molecule has 0 aliphatic heterocycles. The normalized spacial score (nSPS) is 10.8. The lowest BCUT2D eigenvalue weighted by Crippen LogP contribution is -2.10. The summed E-state index contributed by atoms with van der Waals surface area (Å²) >= 11 is 0. The maximum absolute atomic E-state index is 14.3. The van der Waals surface area contributed by atoms with Crippen LogP contribution in [0.1, 0.15) is 74.7 Å². The number of esters is 1. The van der Waals surface area contributed by atoms with Crippen molar-refractivity contribution in [3.05, 3.63) is 59.2 Å². The molecule has 0 aliphatic carbocycles. The first-order chi connectivity index (χ1) is 14.1. The van der Waals surface area contributed by atoms with Gasteiger partial charge in [0.1, 0.15) is 5.75 Å². The van der Waals surface area contributed by atoms with Gasteiger partial charge in [-0.2, -0.15) is 4.39 Å². The van der Waals surface area contributed by atoms with Crippen molar-refractivity contribution in [1.29, 1.82) is 0 Å². The largest absolute Gasteiger partial charge is 0.494 e. The van der Waals surface area contributed by atoms with E-state index >= 15 is 0 Å². The molecule has 0 aromatic heterocycles. The van der Waals surface area contributed by atoms with Gasteiger partial charge < -0.3 is 9.47 Å². The van der Waals surface area contributed by atoms with Crippen molar-refractivity contribution < 1.29 is 23.0 Å². The molecule has 0 spiro atoms. The SMILES string of the molecule is CCCCCCCCc1ccc(OC(=O)c2ccc(OCCC)cc2)c(F)c1F. The third-order valence-corrected chi connectivity index (χ3v) is 4.69. The molecular formula is C24H30F2O3. The fourth-order valence-corrected chi connectivity index (χ4v) is 3.01. The molecule has 2 aromatic rings. The monoisotopic (exact) mass is 404 g/mol. The highest BCUT2D eigenvalue weighted by Gasteiger charge is 2.18. The maximum Gasteiger partial charge on any atom is 0.343 e. The Labute approximate surface area is 172 Å². The number of aryl methyl sites for hydroxylation is 1. The zero-order chi connectivity index (χ0) is 21.1. The summed E-state index contributed by atoms with van der Waals surface area (Å²) in [5, 5.41) is 0. The molecule has 158 valence electrons. The van der Waals surface area contributed by atoms with Gasteiger partial charge in [-0.25, -0.2) is 9.18 Å². The number of hydrogen-bond acceptors (Lipinski definition) is 3. The van der Waals surface area contributed by atoms with E-state index in [2.05, 4.69) is 6.92 Å². The quantitative estimate of drug-likeness (QED) is 0.220. The molecule has 3 nitrogen and oxygen atoms in total. The highest BCUT2D eigenvalue weighted by molar-refractivity contribution is 5.91. The molecule has 0 heterocycles. The van der Waals surface area contributed by atoms with Gasteiger partial charge in [0.05, 0.1) is 12.2 Å². The van der Waals surface area contributed by atoms with Crippen LogP contribution in [0.15, 0.2) is 36.4 Å². The predicted molar refractivity (Wildman–Crippen MR) is 111 cm³/mol. The molecule has 0 N–H and O–H groups in total. The first-order valence-corrected chi connectivity index (χ1v) is 10.5. The summed E-state index contributed by atoms with van der Waals surface area (Å²) in [6, 6.07) is 9.18. The molecule has 0 fully saturated rings. The van der Waals surface area contributed by atoms with Crippen LogP contribution in [0, 0.1) is 11.6 Å². The average Bonchev–Trinajstić information content (AvgIpc) is 2.74. The van der Waals surface area contributed by atoms with Crippen LogP contribution in [0.5, 0.6) is 11.5 Å². The minimum Gasteiger partial charge on any atom is -0.494 e. The Morgan fingerprint density at radius 2 is 1.52 bits per heavy atom. The number of unbranched alkanes of at least 4 members (excludes halogenated alkanes) is 5. The number of carbonyl (C=O) groups excluding carboxylic acids is 1. The fourth-order valence-electron chi connectivity index (χ4n) is 3.01. The number of carbonyl (C=O) groups is 1. The van der Waals surface area contributed by atoms with Gasteiger partial charge in [0.15, 0.2) is 11.6 Å². The van der Waals surface area contributed by atoms with Crippen LogP contribution in [0.25, 0.3) is 0 Å². The Morgan fingerprint density at radius 1 is 0.828 bits per heavy atom. The second-order valence-corrected chi connectivity index (χ2v) is 7.13. The van der Waals surface area contributed by atoms with E-state index in [0.29, 0.717) is 24.3 Å². The van der Waals surface area contributed by atoms with E-state index in [4.69, 9.17) is 9.47 Å². The van der Waals surface area contributed by atoms with Crippen LogP contribution in [0.4, 0.5) is 8.78 Å². The van der Waals surface area contributed by atoms with Crippen molar-refractivity contribution in [2.24, 2.45) is 0 Å². The third-order valence-electron chi connectivity index (χ3n) is 4.69. The minimum absolute atomic E-state index is 0.241. The van der Waals surface area contributed by atoms with Gasteiger partial charge in [0.25, 0.3) is 0 Å². The average molecular weight is 404 g/mol. The molecule has 0 saturated carbocycles. The Balaban J connectivity index is 1.93. The number of rotatable bonds is 12. The summed E-state index contributed by atoms with van der Waals surface area (Å²) < 4.78 is 39.2. The maximum atomic E-state index is 14.3. The van der Waals surface area contributed by atoms with Crippen LogP contribution in [0.2, 0.25) is 0 Å². The van der Waals surface area contributed by atoms with Crippen LogP contribution >= 0.6 is 0 Å². The van der Waals surface area contributed by atoms with E-state index in [9.17, 15) is 13.6 Å². The molecule has 2 aromatic carbocycles. The van der Waals surface area contributed by atoms with Gasteiger partial charge in [-0.05, 0) is 55.2 Å². The van der Waals surface area contributed by atoms with Gasteiger partial charge in [0, 0.05) is 0 Å². The molecule has 0 unspecified atom stereocenters. The highest BCUT2D eigenvalue weighted by atomic mass is 19.2. The van der Waals surface area contributed by atoms with Gasteiger partial charge in [-0.15, -0.1) is 0 Å². The lowest BCUT2D eigenvalue weighted by atomic mass is 10.0. The first-order valence-electron chi connectivity index (χ1n) is 10.5. The zero-order valence-electron chi connectivity index (χ0n) is 17.3. The van der Waals surface area contributed by atoms with Gasteiger partial charge in [-0.1, -0.05) is 52.0 Å². The van der Waals surface area contributed by atoms with Gasteiger partial charge in [0.2, 0.25) is 5.82 Å². The van der Waals surface area contributed by atoms with E-state index in [1.165, 1.54) is 43.5 Å². The van der Waals surface area contributed by atoms with E-state index in [1.807, 2.05) is 6.92 Å². The topological polar surface area (TPSA) is 35.5 Å². The highest BCUT2D eigenvalue weighted by Crippen LogP contribution is 2.25. The number of hydrogen-bond donors (Lipinski definition) is 0. The Kier molecular flexibility index (Phi) is 9.62. The number of ether oxygens (including phenoxy) is 2. The Bertz CT molecular complexity index is 772. The Hall–Kier alpha value is -2.43. The van der Waals surface area contributed by atoms with Crippen LogP contribution in [-0.4, -0.2) is 12.6 Å². The third kappa shape index (κ3) is 7.15. The number of benzene rings is 2. The predicted octanol–water partition coefficient (Wildman–Crippen LogP) is 6.88. The minimum atomic E-state index is -1.12. The molecule has 29 heavy (non-hydrogen) atoms. The lowest BCUT2D eigenvalue weighted by molar-refractivity contribution is 0.0726. The van der Waals surface area contributed by atoms with Crippen molar-refractivity contribution in [2.45, 2.75) is 65.2 Å². The molecule has 0 atom stereocenters. The van der Waals surface area contributed by atoms with Crippen molar-refractivity contribution >= 4 is 5.97 Å². The van der Waals surface area contributed by atoms with E-state index < -0.39 is 23.4 Å². The molecule has 0 bridgehead atoms. The molecule has 0 radical (unpaired) electrons. The standard InChI is InChI=1S/C24H30F2O3/c1-3-5-6-7-8-9-10-18-13-16-21(23(26)22(18)25)29-24(27)19-11-14-20(15-12-19)28-17-4-2/h11-16H,3-10,17H2,1-2H3. The summed E-state index contributed by atoms with van der Waals surface area (Å²) in [4.78, 5) is 12.2. The molecule has 2 rings (SSSR count). The second kappa shape index (κ2) is 12.2. The van der Waals surface area contributed by atoms with Gasteiger partial charge >= 0.3 is 5.97 Å². The van der Waals surface area contributed by atoms with E-state index in [-0.39, 0.29) is 5.56 Å². The van der Waals surface area contributed by atoms with Crippen molar-refractivity contribution in [3.8, 4) is 11.5 Å². The van der Waals surface area contributed by atoms with Crippen LogP contribution in [0.3, 0.4) is 0 Å². The van der Waals surface area contributed by atoms with E-state index in [1.54, 1.807) is 12.1 Å². The molecule has 0 amide bonds. The van der Waals surface area contributed by atoms with Crippen LogP contribution < -0.4 is 9.47 Å². The van der Waals surface area contributed by atoms with Crippen molar-refractivity contribution in [3.63, 3.8) is 0 Å². The van der Waals surface area contributed by atoms with Crippen molar-refractivity contribution in [1.82, 2.24) is 0 Å². The smallest absolute Gasteiger partial charge is 0.343 e. The van der Waals surface area contributed by atoms with Gasteiger partial charge in [-0.3, -0.25) is 0 Å². The lowest BCUT2D eigenvalue weighted by Gasteiger charge is -2.10. The summed E-state index contributed by atoms with van der Waals surface area (Å²) in [7, 11) is 0. The molecule has 0 saturated heterocycles. The summed E-state index contributed by atoms with van der Waals surface area (Å²) in [6.07, 6.45) is 7.82. The molecule has 5 heteroatoms. The summed E-state index contributed by atoms with van der Waals surface area (Å²) in [6.45, 7) is 4.74. The van der Waals surface area contributed by atoms with E-state index in [0.717, 1.165) is 25.7 Å². The summed E-state index contributed by atoms with van der Waals surface area (Å²) in [5.74, 6) is -2.56. The first kappa shape index (κ1) is 22.9. The summed E-state index contributed by atoms with van der Waals surface area (Å²) in [5.41, 5.74) is 0.556. The van der Waals surface area contributed by atoms with Crippen LogP contribution in [-0.2, 0) is 6.42 Å². The number of halogens is 2.